The van der Waals surface area contributed by atoms with Gasteiger partial charge in [0.2, 0.25) is 0 Å². The molecular formula is C22H24N4OS. The molecule has 1 aromatic carbocycles. The number of para-hydroxylation sites is 1. The Hall–Kier alpha value is -2.60. The van der Waals surface area contributed by atoms with Crippen LogP contribution in [0.15, 0.2) is 58.7 Å². The second-order valence-corrected chi connectivity index (χ2v) is 8.49. The van der Waals surface area contributed by atoms with Crippen molar-refractivity contribution < 1.29 is 0 Å². The summed E-state index contributed by atoms with van der Waals surface area (Å²) in [4.78, 5) is 22.5. The SMILES string of the molecule is Cc1ccc2nc(CSc3nc4ccccc4c(=O)n3CCC(C)C)cn2c1. The fourth-order valence-corrected chi connectivity index (χ4v) is 4.11. The predicted molar refractivity (Wildman–Crippen MR) is 115 cm³/mol. The van der Waals surface area contributed by atoms with Gasteiger partial charge in [-0.15, -0.1) is 0 Å². The highest BCUT2D eigenvalue weighted by molar-refractivity contribution is 7.98. The highest BCUT2D eigenvalue weighted by Crippen LogP contribution is 2.23. The quantitative estimate of drug-likeness (QED) is 0.353. The summed E-state index contributed by atoms with van der Waals surface area (Å²) in [5.74, 6) is 1.20. The largest absolute Gasteiger partial charge is 0.307 e. The van der Waals surface area contributed by atoms with Gasteiger partial charge in [0, 0.05) is 24.7 Å². The van der Waals surface area contributed by atoms with Crippen LogP contribution < -0.4 is 5.56 Å². The molecule has 4 aromatic rings. The summed E-state index contributed by atoms with van der Waals surface area (Å²) in [6.45, 7) is 7.09. The Morgan fingerprint density at radius 3 is 2.71 bits per heavy atom. The van der Waals surface area contributed by atoms with E-state index in [0.717, 1.165) is 28.4 Å². The number of hydrogen-bond acceptors (Lipinski definition) is 4. The van der Waals surface area contributed by atoms with Gasteiger partial charge < -0.3 is 4.40 Å². The first-order chi connectivity index (χ1) is 13.5. The van der Waals surface area contributed by atoms with Crippen molar-refractivity contribution in [3.8, 4) is 0 Å². The third-order valence-electron chi connectivity index (χ3n) is 4.75. The number of nitrogens with zero attached hydrogens (tertiary/aromatic N) is 4. The van der Waals surface area contributed by atoms with Crippen molar-refractivity contribution in [3.63, 3.8) is 0 Å². The molecule has 0 unspecified atom stereocenters. The number of rotatable bonds is 6. The smallest absolute Gasteiger partial charge is 0.262 e. The number of imidazole rings is 1. The average Bonchev–Trinajstić information content (AvgIpc) is 3.07. The Balaban J connectivity index is 1.67. The molecule has 4 rings (SSSR count). The van der Waals surface area contributed by atoms with Crippen molar-refractivity contribution >= 4 is 28.3 Å². The van der Waals surface area contributed by atoms with Gasteiger partial charge in [-0.05, 0) is 43.0 Å². The minimum Gasteiger partial charge on any atom is -0.307 e. The summed E-state index contributed by atoms with van der Waals surface area (Å²) in [7, 11) is 0. The number of thioether (sulfide) groups is 1. The zero-order valence-electron chi connectivity index (χ0n) is 16.4. The third kappa shape index (κ3) is 3.83. The van der Waals surface area contributed by atoms with Crippen LogP contribution in [0.4, 0.5) is 0 Å². The molecule has 0 radical (unpaired) electrons. The van der Waals surface area contributed by atoms with E-state index < -0.39 is 0 Å². The van der Waals surface area contributed by atoms with E-state index in [1.807, 2.05) is 45.5 Å². The van der Waals surface area contributed by atoms with Crippen molar-refractivity contribution in [2.75, 3.05) is 0 Å². The molecule has 6 heteroatoms. The normalized spacial score (nSPS) is 11.7. The van der Waals surface area contributed by atoms with Gasteiger partial charge in [-0.2, -0.15) is 0 Å². The average molecular weight is 393 g/mol. The molecule has 3 heterocycles. The van der Waals surface area contributed by atoms with Crippen LogP contribution in [0.3, 0.4) is 0 Å². The summed E-state index contributed by atoms with van der Waals surface area (Å²) < 4.78 is 3.87. The monoisotopic (exact) mass is 392 g/mol. The summed E-state index contributed by atoms with van der Waals surface area (Å²) in [6.07, 6.45) is 5.07. The molecule has 0 aliphatic heterocycles. The lowest BCUT2D eigenvalue weighted by atomic mass is 10.1. The lowest BCUT2D eigenvalue weighted by Gasteiger charge is -2.13. The van der Waals surface area contributed by atoms with Crippen LogP contribution in [0.1, 0.15) is 31.5 Å². The molecule has 0 bridgehead atoms. The van der Waals surface area contributed by atoms with Gasteiger partial charge >= 0.3 is 0 Å². The standard InChI is InChI=1S/C22H24N4OS/c1-15(2)10-11-26-21(27)18-6-4-5-7-19(18)24-22(26)28-14-17-13-25-12-16(3)8-9-20(25)23-17/h4-9,12-13,15H,10-11,14H2,1-3H3. The summed E-state index contributed by atoms with van der Waals surface area (Å²) >= 11 is 1.58. The number of fused-ring (bicyclic) bond motifs is 2. The number of hydrogen-bond donors (Lipinski definition) is 0. The molecule has 0 aliphatic carbocycles. The molecule has 0 atom stereocenters. The van der Waals surface area contributed by atoms with Crippen molar-refractivity contribution in [1.82, 2.24) is 18.9 Å². The lowest BCUT2D eigenvalue weighted by molar-refractivity contribution is 0.481. The van der Waals surface area contributed by atoms with Crippen LogP contribution in [-0.2, 0) is 12.3 Å². The molecule has 5 nitrogen and oxygen atoms in total. The van der Waals surface area contributed by atoms with Gasteiger partial charge in [0.15, 0.2) is 5.16 Å². The van der Waals surface area contributed by atoms with Gasteiger partial charge in [-0.3, -0.25) is 9.36 Å². The van der Waals surface area contributed by atoms with Crippen LogP contribution in [0.25, 0.3) is 16.6 Å². The number of aryl methyl sites for hydroxylation is 1. The Kier molecular flexibility index (Phi) is 5.22. The molecule has 0 fully saturated rings. The number of pyridine rings is 1. The topological polar surface area (TPSA) is 52.2 Å². The van der Waals surface area contributed by atoms with E-state index in [1.165, 1.54) is 5.56 Å². The maximum Gasteiger partial charge on any atom is 0.262 e. The summed E-state index contributed by atoms with van der Waals surface area (Å²) in [6, 6.07) is 11.7. The second-order valence-electron chi connectivity index (χ2n) is 7.54. The van der Waals surface area contributed by atoms with Crippen LogP contribution in [-0.4, -0.2) is 18.9 Å². The number of aromatic nitrogens is 4. The van der Waals surface area contributed by atoms with Crippen LogP contribution in [0.5, 0.6) is 0 Å². The molecule has 0 amide bonds. The molecule has 0 spiro atoms. The fraction of sp³-hybridized carbons (Fsp3) is 0.318. The van der Waals surface area contributed by atoms with E-state index >= 15 is 0 Å². The van der Waals surface area contributed by atoms with Crippen LogP contribution in [0, 0.1) is 12.8 Å². The van der Waals surface area contributed by atoms with Gasteiger partial charge in [-0.25, -0.2) is 9.97 Å². The maximum atomic E-state index is 13.0. The lowest BCUT2D eigenvalue weighted by Crippen LogP contribution is -2.24. The Bertz CT molecular complexity index is 1190. The van der Waals surface area contributed by atoms with E-state index in [-0.39, 0.29) is 5.56 Å². The zero-order chi connectivity index (χ0) is 19.7. The molecular weight excluding hydrogens is 368 g/mol. The number of benzene rings is 1. The first kappa shape index (κ1) is 18.7. The first-order valence-corrected chi connectivity index (χ1v) is 10.6. The van der Waals surface area contributed by atoms with Crippen LogP contribution >= 0.6 is 11.8 Å². The highest BCUT2D eigenvalue weighted by atomic mass is 32.2. The van der Waals surface area contributed by atoms with Crippen molar-refractivity contribution in [2.45, 2.75) is 44.6 Å². The van der Waals surface area contributed by atoms with E-state index in [9.17, 15) is 4.79 Å². The molecule has 0 aliphatic rings. The van der Waals surface area contributed by atoms with E-state index in [2.05, 4.69) is 38.0 Å². The molecule has 144 valence electrons. The van der Waals surface area contributed by atoms with Gasteiger partial charge in [-0.1, -0.05) is 43.8 Å². The minimum atomic E-state index is 0.0411. The van der Waals surface area contributed by atoms with E-state index in [0.29, 0.717) is 23.6 Å². The summed E-state index contributed by atoms with van der Waals surface area (Å²) in [5, 5.41) is 1.44. The minimum absolute atomic E-state index is 0.0411. The second kappa shape index (κ2) is 7.80. The molecule has 0 N–H and O–H groups in total. The molecule has 3 aromatic heterocycles. The Morgan fingerprint density at radius 2 is 1.89 bits per heavy atom. The first-order valence-electron chi connectivity index (χ1n) is 9.58. The Morgan fingerprint density at radius 1 is 1.07 bits per heavy atom. The van der Waals surface area contributed by atoms with Crippen molar-refractivity contribution in [1.29, 1.82) is 0 Å². The van der Waals surface area contributed by atoms with Crippen molar-refractivity contribution in [2.24, 2.45) is 5.92 Å². The van der Waals surface area contributed by atoms with Gasteiger partial charge in [0.05, 0.1) is 16.6 Å². The highest BCUT2D eigenvalue weighted by Gasteiger charge is 2.13. The third-order valence-corrected chi connectivity index (χ3v) is 5.76. The van der Waals surface area contributed by atoms with E-state index in [1.54, 1.807) is 11.8 Å². The van der Waals surface area contributed by atoms with Gasteiger partial charge in [0.25, 0.3) is 5.56 Å². The molecule has 0 saturated heterocycles. The van der Waals surface area contributed by atoms with E-state index in [4.69, 9.17) is 4.98 Å². The van der Waals surface area contributed by atoms with Crippen molar-refractivity contribution in [3.05, 3.63) is 70.4 Å². The Labute approximate surface area is 168 Å². The van der Waals surface area contributed by atoms with Crippen LogP contribution in [0.2, 0.25) is 0 Å². The summed E-state index contributed by atoms with van der Waals surface area (Å²) in [5.41, 5.74) is 3.90. The molecule has 28 heavy (non-hydrogen) atoms. The maximum absolute atomic E-state index is 13.0. The predicted octanol–water partition coefficient (Wildman–Crippen LogP) is 4.69. The van der Waals surface area contributed by atoms with Gasteiger partial charge in [0.1, 0.15) is 5.65 Å². The molecule has 0 saturated carbocycles. The fourth-order valence-electron chi connectivity index (χ4n) is 3.21. The zero-order valence-corrected chi connectivity index (χ0v) is 17.2.